The van der Waals surface area contributed by atoms with Gasteiger partial charge in [0.05, 0.1) is 15.7 Å². The third kappa shape index (κ3) is 3.42. The molecule has 7 heteroatoms. The quantitative estimate of drug-likeness (QED) is 0.841. The van der Waals surface area contributed by atoms with Crippen molar-refractivity contribution in [3.63, 3.8) is 0 Å². The van der Waals surface area contributed by atoms with E-state index in [1.54, 1.807) is 12.3 Å². The second-order valence-corrected chi connectivity index (χ2v) is 6.16. The van der Waals surface area contributed by atoms with E-state index in [0.717, 1.165) is 49.9 Å². The summed E-state index contributed by atoms with van der Waals surface area (Å²) in [6, 6.07) is 5.74. The van der Waals surface area contributed by atoms with Gasteiger partial charge >= 0.3 is 0 Å². The van der Waals surface area contributed by atoms with Crippen LogP contribution < -0.4 is 9.80 Å². The summed E-state index contributed by atoms with van der Waals surface area (Å²) in [5.74, 6) is 1.71. The zero-order valence-corrected chi connectivity index (χ0v) is 13.8. The average molecular weight is 338 g/mol. The van der Waals surface area contributed by atoms with E-state index in [0.29, 0.717) is 10.0 Å². The van der Waals surface area contributed by atoms with Gasteiger partial charge in [-0.1, -0.05) is 23.2 Å². The first-order valence-electron chi connectivity index (χ1n) is 7.25. The molecule has 116 valence electrons. The Morgan fingerprint density at radius 2 is 1.77 bits per heavy atom. The van der Waals surface area contributed by atoms with E-state index < -0.39 is 0 Å². The summed E-state index contributed by atoms with van der Waals surface area (Å²) in [6.07, 6.45) is 2.65. The van der Waals surface area contributed by atoms with Gasteiger partial charge in [-0.15, -0.1) is 5.10 Å². The fourth-order valence-corrected chi connectivity index (χ4v) is 3.06. The van der Waals surface area contributed by atoms with E-state index in [-0.39, 0.29) is 0 Å². The molecule has 0 radical (unpaired) electrons. The van der Waals surface area contributed by atoms with Gasteiger partial charge in [-0.05, 0) is 31.5 Å². The highest BCUT2D eigenvalue weighted by Crippen LogP contribution is 2.27. The zero-order chi connectivity index (χ0) is 15.5. The Morgan fingerprint density at radius 1 is 1.00 bits per heavy atom. The molecule has 22 heavy (non-hydrogen) atoms. The fraction of sp³-hybridized carbons (Fsp3) is 0.400. The van der Waals surface area contributed by atoms with Crippen molar-refractivity contribution in [3.8, 4) is 0 Å². The Labute approximate surface area is 139 Å². The molecule has 1 fully saturated rings. The van der Waals surface area contributed by atoms with E-state index in [1.165, 1.54) is 0 Å². The fourth-order valence-electron chi connectivity index (χ4n) is 2.56. The first-order chi connectivity index (χ1) is 10.6. The molecule has 0 aromatic carbocycles. The average Bonchev–Trinajstić information content (AvgIpc) is 2.74. The Kier molecular flexibility index (Phi) is 4.64. The number of halogens is 2. The molecule has 0 amide bonds. The standard InChI is InChI=1S/C15H17Cl2N5/c1-11-3-4-14(20-19-11)21-5-2-6-22(8-7-21)15-13(17)9-12(16)10-18-15/h3-4,9-10H,2,5-8H2,1H3. The van der Waals surface area contributed by atoms with Gasteiger partial charge in [-0.25, -0.2) is 4.98 Å². The van der Waals surface area contributed by atoms with Crippen molar-refractivity contribution in [1.29, 1.82) is 0 Å². The molecule has 1 aliphatic heterocycles. The highest BCUT2D eigenvalue weighted by molar-refractivity contribution is 6.36. The predicted molar refractivity (Wildman–Crippen MR) is 90.1 cm³/mol. The van der Waals surface area contributed by atoms with E-state index >= 15 is 0 Å². The van der Waals surface area contributed by atoms with Crippen molar-refractivity contribution in [2.24, 2.45) is 0 Å². The zero-order valence-electron chi connectivity index (χ0n) is 12.3. The molecule has 1 aliphatic rings. The maximum Gasteiger partial charge on any atom is 0.151 e. The Morgan fingerprint density at radius 3 is 2.50 bits per heavy atom. The molecule has 0 unspecified atom stereocenters. The van der Waals surface area contributed by atoms with Gasteiger partial charge in [0.2, 0.25) is 0 Å². The summed E-state index contributed by atoms with van der Waals surface area (Å²) in [7, 11) is 0. The minimum Gasteiger partial charge on any atom is -0.354 e. The predicted octanol–water partition coefficient (Wildman–Crippen LogP) is 3.20. The number of hydrogen-bond donors (Lipinski definition) is 0. The normalized spacial score (nSPS) is 15.8. The van der Waals surface area contributed by atoms with Gasteiger partial charge in [0.15, 0.2) is 5.82 Å². The van der Waals surface area contributed by atoms with Gasteiger partial charge in [-0.2, -0.15) is 5.10 Å². The second-order valence-electron chi connectivity index (χ2n) is 5.32. The maximum atomic E-state index is 6.26. The van der Waals surface area contributed by atoms with E-state index in [9.17, 15) is 0 Å². The number of aromatic nitrogens is 3. The van der Waals surface area contributed by atoms with Crippen LogP contribution in [-0.2, 0) is 0 Å². The molecule has 0 atom stereocenters. The van der Waals surface area contributed by atoms with Crippen LogP contribution in [0.25, 0.3) is 0 Å². The van der Waals surface area contributed by atoms with Gasteiger partial charge in [0.1, 0.15) is 5.82 Å². The third-order valence-corrected chi connectivity index (χ3v) is 4.18. The molecule has 0 N–H and O–H groups in total. The number of rotatable bonds is 2. The van der Waals surface area contributed by atoms with Crippen molar-refractivity contribution < 1.29 is 0 Å². The lowest BCUT2D eigenvalue weighted by Gasteiger charge is -2.23. The van der Waals surface area contributed by atoms with Crippen LogP contribution in [0, 0.1) is 6.92 Å². The monoisotopic (exact) mass is 337 g/mol. The number of nitrogens with zero attached hydrogens (tertiary/aromatic N) is 5. The van der Waals surface area contributed by atoms with Crippen LogP contribution >= 0.6 is 23.2 Å². The van der Waals surface area contributed by atoms with Gasteiger partial charge in [0.25, 0.3) is 0 Å². The van der Waals surface area contributed by atoms with Crippen LogP contribution in [0.3, 0.4) is 0 Å². The van der Waals surface area contributed by atoms with Crippen molar-refractivity contribution in [2.45, 2.75) is 13.3 Å². The van der Waals surface area contributed by atoms with Gasteiger partial charge in [-0.3, -0.25) is 0 Å². The van der Waals surface area contributed by atoms with Crippen molar-refractivity contribution in [3.05, 3.63) is 40.1 Å². The minimum atomic E-state index is 0.556. The lowest BCUT2D eigenvalue weighted by molar-refractivity contribution is 0.782. The molecule has 3 heterocycles. The molecular weight excluding hydrogens is 321 g/mol. The SMILES string of the molecule is Cc1ccc(N2CCCN(c3ncc(Cl)cc3Cl)CC2)nn1. The molecule has 2 aromatic heterocycles. The van der Waals surface area contributed by atoms with Crippen LogP contribution in [0.4, 0.5) is 11.6 Å². The highest BCUT2D eigenvalue weighted by atomic mass is 35.5. The Bertz CT molecular complexity index is 647. The summed E-state index contributed by atoms with van der Waals surface area (Å²) < 4.78 is 0. The lowest BCUT2D eigenvalue weighted by atomic mass is 10.3. The molecule has 2 aromatic rings. The van der Waals surface area contributed by atoms with Gasteiger partial charge < -0.3 is 9.80 Å². The topological polar surface area (TPSA) is 45.2 Å². The molecular formula is C15H17Cl2N5. The summed E-state index contributed by atoms with van der Waals surface area (Å²) in [5.41, 5.74) is 0.928. The highest BCUT2D eigenvalue weighted by Gasteiger charge is 2.19. The smallest absolute Gasteiger partial charge is 0.151 e. The number of hydrogen-bond acceptors (Lipinski definition) is 5. The van der Waals surface area contributed by atoms with E-state index in [4.69, 9.17) is 23.2 Å². The largest absolute Gasteiger partial charge is 0.354 e. The number of aryl methyl sites for hydroxylation is 1. The minimum absolute atomic E-state index is 0.556. The van der Waals surface area contributed by atoms with Crippen molar-refractivity contribution >= 4 is 34.8 Å². The molecule has 0 spiro atoms. The van der Waals surface area contributed by atoms with Gasteiger partial charge in [0, 0.05) is 32.4 Å². The molecule has 0 bridgehead atoms. The first kappa shape index (κ1) is 15.3. The van der Waals surface area contributed by atoms with Crippen molar-refractivity contribution in [1.82, 2.24) is 15.2 Å². The summed E-state index contributed by atoms with van der Waals surface area (Å²) in [4.78, 5) is 8.81. The van der Waals surface area contributed by atoms with Crippen LogP contribution in [0.15, 0.2) is 24.4 Å². The molecule has 0 saturated carbocycles. The van der Waals surface area contributed by atoms with Crippen LogP contribution in [0.2, 0.25) is 10.0 Å². The molecule has 5 nitrogen and oxygen atoms in total. The summed E-state index contributed by atoms with van der Waals surface area (Å²) in [6.45, 7) is 5.49. The Balaban J connectivity index is 1.73. The van der Waals surface area contributed by atoms with Crippen molar-refractivity contribution in [2.75, 3.05) is 36.0 Å². The molecule has 0 aliphatic carbocycles. The number of pyridine rings is 1. The summed E-state index contributed by atoms with van der Waals surface area (Å²) >= 11 is 12.2. The number of anilines is 2. The Hall–Kier alpha value is -1.59. The second kappa shape index (κ2) is 6.67. The molecule has 3 rings (SSSR count). The van der Waals surface area contributed by atoms with Crippen LogP contribution in [-0.4, -0.2) is 41.4 Å². The maximum absolute atomic E-state index is 6.26. The van der Waals surface area contributed by atoms with Crippen LogP contribution in [0.1, 0.15) is 12.1 Å². The first-order valence-corrected chi connectivity index (χ1v) is 8.00. The van der Waals surface area contributed by atoms with Crippen LogP contribution in [0.5, 0.6) is 0 Å². The van der Waals surface area contributed by atoms with E-state index in [2.05, 4.69) is 25.0 Å². The molecule has 1 saturated heterocycles. The third-order valence-electron chi connectivity index (χ3n) is 3.69. The lowest BCUT2D eigenvalue weighted by Crippen LogP contribution is -2.31. The van der Waals surface area contributed by atoms with E-state index in [1.807, 2.05) is 19.1 Å². The summed E-state index contributed by atoms with van der Waals surface area (Å²) in [5, 5.41) is 9.55.